The highest BCUT2D eigenvalue weighted by Gasteiger charge is 2.18. The number of hydrogen-bond donors (Lipinski definition) is 0. The van der Waals surface area contributed by atoms with E-state index in [1.54, 1.807) is 36.7 Å². The van der Waals surface area contributed by atoms with Crippen LogP contribution >= 0.6 is 0 Å². The average Bonchev–Trinajstić information content (AvgIpc) is 2.38. The topological polar surface area (TPSA) is 50.3 Å². The fraction of sp³-hybridized carbons (Fsp3) is 0.154. The maximum atomic E-state index is 11.8. The molecule has 0 saturated heterocycles. The number of hydrogen-bond acceptors (Lipinski definition) is 3. The molecule has 86 valence electrons. The molecule has 0 N–H and O–H groups in total. The Morgan fingerprint density at radius 3 is 2.82 bits per heavy atom. The molecular formula is C13H12N2O2. The van der Waals surface area contributed by atoms with Crippen LogP contribution in [0, 0.1) is 0 Å². The van der Waals surface area contributed by atoms with Gasteiger partial charge in [0.25, 0.3) is 11.8 Å². The molecular weight excluding hydrogens is 216 g/mol. The molecule has 1 aromatic rings. The lowest BCUT2D eigenvalue weighted by Crippen LogP contribution is -2.37. The maximum Gasteiger partial charge on any atom is 0.253 e. The van der Waals surface area contributed by atoms with Gasteiger partial charge in [-0.1, -0.05) is 6.08 Å². The van der Waals surface area contributed by atoms with Gasteiger partial charge in [-0.25, -0.2) is 0 Å². The van der Waals surface area contributed by atoms with Gasteiger partial charge in [-0.15, -0.1) is 0 Å². The van der Waals surface area contributed by atoms with Crippen LogP contribution in [0.15, 0.2) is 42.8 Å². The number of pyridine rings is 1. The molecule has 0 radical (unpaired) electrons. The largest absolute Gasteiger partial charge is 0.275 e. The van der Waals surface area contributed by atoms with Gasteiger partial charge >= 0.3 is 0 Å². The van der Waals surface area contributed by atoms with Crippen molar-refractivity contribution in [3.05, 3.63) is 48.3 Å². The molecule has 0 aliphatic carbocycles. The van der Waals surface area contributed by atoms with E-state index in [4.69, 9.17) is 0 Å². The fourth-order valence-electron chi connectivity index (χ4n) is 1.54. The molecule has 1 aliphatic heterocycles. The molecule has 2 rings (SSSR count). The van der Waals surface area contributed by atoms with Gasteiger partial charge in [0.05, 0.1) is 0 Å². The Morgan fingerprint density at radius 1 is 1.35 bits per heavy atom. The van der Waals surface area contributed by atoms with Crippen LogP contribution in [-0.2, 0) is 9.59 Å². The third-order valence-corrected chi connectivity index (χ3v) is 2.44. The van der Waals surface area contributed by atoms with E-state index >= 15 is 0 Å². The van der Waals surface area contributed by atoms with E-state index in [0.717, 1.165) is 12.0 Å². The minimum atomic E-state index is -0.281. The van der Waals surface area contributed by atoms with Crippen LogP contribution in [0.25, 0.3) is 6.08 Å². The van der Waals surface area contributed by atoms with Crippen LogP contribution in [0.3, 0.4) is 0 Å². The zero-order valence-electron chi connectivity index (χ0n) is 9.24. The SMILES string of the molecule is O=C1C=CCCN1C(=O)/C=C/c1ccncc1. The van der Waals surface area contributed by atoms with Crippen molar-refractivity contribution in [3.8, 4) is 0 Å². The van der Waals surface area contributed by atoms with Crippen LogP contribution in [0.5, 0.6) is 0 Å². The van der Waals surface area contributed by atoms with Gasteiger partial charge < -0.3 is 0 Å². The predicted octanol–water partition coefficient (Wildman–Crippen LogP) is 1.41. The third-order valence-electron chi connectivity index (χ3n) is 2.44. The van der Waals surface area contributed by atoms with E-state index in [-0.39, 0.29) is 11.8 Å². The standard InChI is InChI=1S/C13H12N2O2/c16-12-3-1-2-10-15(12)13(17)5-4-11-6-8-14-9-7-11/h1,3-9H,2,10H2/b5-4+. The fourth-order valence-corrected chi connectivity index (χ4v) is 1.54. The Bertz CT molecular complexity index is 477. The van der Waals surface area contributed by atoms with E-state index in [9.17, 15) is 9.59 Å². The van der Waals surface area contributed by atoms with Gasteiger partial charge in [0, 0.05) is 25.0 Å². The summed E-state index contributed by atoms with van der Waals surface area (Å²) in [6.07, 6.45) is 10.3. The summed E-state index contributed by atoms with van der Waals surface area (Å²) in [4.78, 5) is 28.3. The molecule has 0 unspecified atom stereocenters. The van der Waals surface area contributed by atoms with E-state index in [1.807, 2.05) is 0 Å². The van der Waals surface area contributed by atoms with Crippen LogP contribution in [-0.4, -0.2) is 28.2 Å². The van der Waals surface area contributed by atoms with Crippen molar-refractivity contribution < 1.29 is 9.59 Å². The summed E-state index contributed by atoms with van der Waals surface area (Å²) in [6, 6.07) is 3.59. The predicted molar refractivity (Wildman–Crippen MR) is 63.7 cm³/mol. The summed E-state index contributed by atoms with van der Waals surface area (Å²) >= 11 is 0. The second kappa shape index (κ2) is 5.21. The minimum Gasteiger partial charge on any atom is -0.275 e. The summed E-state index contributed by atoms with van der Waals surface area (Å²) in [5, 5.41) is 0. The molecule has 1 aliphatic rings. The Labute approximate surface area is 99.3 Å². The van der Waals surface area contributed by atoms with Crippen molar-refractivity contribution in [1.29, 1.82) is 0 Å². The number of aromatic nitrogens is 1. The lowest BCUT2D eigenvalue weighted by atomic mass is 10.2. The summed E-state index contributed by atoms with van der Waals surface area (Å²) < 4.78 is 0. The van der Waals surface area contributed by atoms with Crippen molar-refractivity contribution in [3.63, 3.8) is 0 Å². The first-order valence-electron chi connectivity index (χ1n) is 5.37. The van der Waals surface area contributed by atoms with Crippen LogP contribution < -0.4 is 0 Å². The summed E-state index contributed by atoms with van der Waals surface area (Å²) in [7, 11) is 0. The molecule has 0 saturated carbocycles. The maximum absolute atomic E-state index is 11.8. The van der Waals surface area contributed by atoms with Crippen LogP contribution in [0.1, 0.15) is 12.0 Å². The number of amides is 2. The Hall–Kier alpha value is -2.23. The Balaban J connectivity index is 2.04. The van der Waals surface area contributed by atoms with E-state index in [1.165, 1.54) is 17.1 Å². The molecule has 0 fully saturated rings. The molecule has 2 heterocycles. The normalized spacial score (nSPS) is 15.5. The zero-order valence-corrected chi connectivity index (χ0v) is 9.24. The monoisotopic (exact) mass is 228 g/mol. The molecule has 0 spiro atoms. The summed E-state index contributed by atoms with van der Waals surface area (Å²) in [6.45, 7) is 0.453. The first-order chi connectivity index (χ1) is 8.27. The van der Waals surface area contributed by atoms with Gasteiger partial charge in [0.1, 0.15) is 0 Å². The number of rotatable bonds is 2. The van der Waals surface area contributed by atoms with Crippen molar-refractivity contribution in [2.45, 2.75) is 6.42 Å². The number of nitrogens with zero attached hydrogens (tertiary/aromatic N) is 2. The van der Waals surface area contributed by atoms with Crippen LogP contribution in [0.4, 0.5) is 0 Å². The number of carbonyl (C=O) groups is 2. The summed E-state index contributed by atoms with van der Waals surface area (Å²) in [5.41, 5.74) is 0.883. The highest BCUT2D eigenvalue weighted by Crippen LogP contribution is 2.06. The smallest absolute Gasteiger partial charge is 0.253 e. The highest BCUT2D eigenvalue weighted by atomic mass is 16.2. The first kappa shape index (κ1) is 11.3. The molecule has 0 aromatic carbocycles. The second-order valence-electron chi connectivity index (χ2n) is 3.63. The molecule has 0 bridgehead atoms. The Kier molecular flexibility index (Phi) is 3.45. The number of imide groups is 1. The summed E-state index contributed by atoms with van der Waals surface area (Å²) in [5.74, 6) is -0.531. The third kappa shape index (κ3) is 2.87. The zero-order chi connectivity index (χ0) is 12.1. The lowest BCUT2D eigenvalue weighted by Gasteiger charge is -2.19. The van der Waals surface area contributed by atoms with Crippen molar-refractivity contribution in [1.82, 2.24) is 9.88 Å². The molecule has 4 nitrogen and oxygen atoms in total. The second-order valence-corrected chi connectivity index (χ2v) is 3.63. The molecule has 17 heavy (non-hydrogen) atoms. The highest BCUT2D eigenvalue weighted by molar-refractivity contribution is 6.06. The van der Waals surface area contributed by atoms with E-state index < -0.39 is 0 Å². The molecule has 2 amide bonds. The van der Waals surface area contributed by atoms with Crippen LogP contribution in [0.2, 0.25) is 0 Å². The van der Waals surface area contributed by atoms with Gasteiger partial charge in [0.15, 0.2) is 0 Å². The van der Waals surface area contributed by atoms with Gasteiger partial charge in [0.2, 0.25) is 0 Å². The van der Waals surface area contributed by atoms with Gasteiger partial charge in [-0.05, 0) is 36.3 Å². The quantitative estimate of drug-likeness (QED) is 0.719. The lowest BCUT2D eigenvalue weighted by molar-refractivity contribution is -0.139. The minimum absolute atomic E-state index is 0.249. The van der Waals surface area contributed by atoms with Crippen molar-refractivity contribution in [2.75, 3.05) is 6.54 Å². The van der Waals surface area contributed by atoms with Gasteiger partial charge in [-0.2, -0.15) is 0 Å². The Morgan fingerprint density at radius 2 is 2.12 bits per heavy atom. The molecule has 4 heteroatoms. The van der Waals surface area contributed by atoms with E-state index in [0.29, 0.717) is 6.54 Å². The first-order valence-corrected chi connectivity index (χ1v) is 5.37. The molecule has 0 atom stereocenters. The van der Waals surface area contributed by atoms with Gasteiger partial charge in [-0.3, -0.25) is 19.5 Å². The van der Waals surface area contributed by atoms with Crippen molar-refractivity contribution in [2.24, 2.45) is 0 Å². The van der Waals surface area contributed by atoms with Crippen molar-refractivity contribution >= 4 is 17.9 Å². The number of carbonyl (C=O) groups excluding carboxylic acids is 2. The average molecular weight is 228 g/mol. The molecule has 1 aromatic heterocycles. The van der Waals surface area contributed by atoms with E-state index in [2.05, 4.69) is 4.98 Å².